The Morgan fingerprint density at radius 1 is 0.391 bits per heavy atom. The number of phenolic OH excluding ortho intramolecular Hbond substituents is 2. The molecule has 0 heterocycles. The van der Waals surface area contributed by atoms with Gasteiger partial charge < -0.3 is 10.2 Å². The molecule has 0 aliphatic carbocycles. The molecular formula is C59H90N2NiO2. The molecular weight excluding hydrogens is 827 g/mol. The van der Waals surface area contributed by atoms with Crippen molar-refractivity contribution in [3.63, 3.8) is 0 Å². The Balaban J connectivity index is 0.000000497. The first kappa shape index (κ1) is 56.7. The summed E-state index contributed by atoms with van der Waals surface area (Å²) in [6.07, 6.45) is 32.4. The number of phenols is 2. The minimum Gasteiger partial charge on any atom is -0.504 e. The topological polar surface area (TPSA) is 65.2 Å². The summed E-state index contributed by atoms with van der Waals surface area (Å²) >= 11 is 0. The van der Waals surface area contributed by atoms with Crippen LogP contribution in [0.1, 0.15) is 224 Å². The van der Waals surface area contributed by atoms with Crippen LogP contribution in [-0.4, -0.2) is 21.6 Å². The Kier molecular flexibility index (Phi) is 30.1. The van der Waals surface area contributed by atoms with Crippen molar-refractivity contribution in [1.82, 2.24) is 0 Å². The van der Waals surface area contributed by atoms with Gasteiger partial charge in [0.05, 0.1) is 22.8 Å². The van der Waals surface area contributed by atoms with Crippen LogP contribution < -0.4 is 0 Å². The summed E-state index contributed by atoms with van der Waals surface area (Å²) in [5.74, 6) is -0.0509. The normalized spacial score (nSPS) is 11.8. The molecule has 4 rings (SSSR count). The van der Waals surface area contributed by atoms with Crippen molar-refractivity contribution in [2.75, 3.05) is 0 Å². The minimum absolute atomic E-state index is 0. The number of aromatic hydroxyl groups is 2. The monoisotopic (exact) mass is 917 g/mol. The predicted molar refractivity (Wildman–Crippen MR) is 279 cm³/mol. The van der Waals surface area contributed by atoms with Gasteiger partial charge in [0.1, 0.15) is 0 Å². The van der Waals surface area contributed by atoms with Crippen LogP contribution in [0.2, 0.25) is 0 Å². The Labute approximate surface area is 402 Å². The van der Waals surface area contributed by atoms with Gasteiger partial charge in [-0.15, -0.1) is 0 Å². The van der Waals surface area contributed by atoms with E-state index in [-0.39, 0.29) is 28.0 Å². The molecule has 0 aliphatic heterocycles. The van der Waals surface area contributed by atoms with E-state index in [1.807, 2.05) is 0 Å². The summed E-state index contributed by atoms with van der Waals surface area (Å²) in [7, 11) is 0. The first-order valence-corrected chi connectivity index (χ1v) is 26.1. The van der Waals surface area contributed by atoms with E-state index in [0.717, 1.165) is 66.4 Å². The van der Waals surface area contributed by atoms with Gasteiger partial charge >= 0.3 is 0 Å². The largest absolute Gasteiger partial charge is 0.504 e. The van der Waals surface area contributed by atoms with Gasteiger partial charge in [-0.3, -0.25) is 9.98 Å². The number of hydrogen-bond acceptors (Lipinski definition) is 4. The standard InChI is InChI=1S/C38H60N2.C21H30O2.Ni/c1-7-13-18-19-24-38(40-36-28-26-32(21-15-9-3)34(30-36)23-17-11-5)37(12-6)39-35-27-25-31(20-14-8-2)33(29-35)22-16-10-4;1-3-5-7-9-10-16-12-13-17-14-20(22)21(23)15-19(17)18(16)11-8-6-4-2;/h25-30H,7-24H2,1-6H3;12-15,22-23H,3-11H2,1-2H3;. The maximum Gasteiger partial charge on any atom is 0.158 e. The molecule has 0 saturated heterocycles. The number of aryl methyl sites for hydroxylation is 6. The molecule has 0 atom stereocenters. The third-order valence-corrected chi connectivity index (χ3v) is 12.7. The summed E-state index contributed by atoms with van der Waals surface area (Å²) in [5.41, 5.74) is 13.4. The average molecular weight is 918 g/mol. The van der Waals surface area contributed by atoms with Crippen LogP contribution in [-0.2, 0) is 55.0 Å². The summed E-state index contributed by atoms with van der Waals surface area (Å²) in [6, 6.07) is 21.7. The van der Waals surface area contributed by atoms with E-state index in [9.17, 15) is 10.2 Å². The van der Waals surface area contributed by atoms with Crippen LogP contribution in [0.25, 0.3) is 10.8 Å². The number of benzene rings is 4. The quantitative estimate of drug-likeness (QED) is 0.0237. The van der Waals surface area contributed by atoms with Crippen molar-refractivity contribution < 1.29 is 26.7 Å². The van der Waals surface area contributed by atoms with E-state index in [4.69, 9.17) is 9.98 Å². The zero-order valence-corrected chi connectivity index (χ0v) is 43.0. The molecule has 4 nitrogen and oxygen atoms in total. The molecule has 0 spiro atoms. The summed E-state index contributed by atoms with van der Waals surface area (Å²) in [6.45, 7) is 18.1. The molecule has 0 bridgehead atoms. The Hall–Kier alpha value is -3.43. The molecule has 0 saturated carbocycles. The predicted octanol–water partition coefficient (Wildman–Crippen LogP) is 18.4. The second-order valence-electron chi connectivity index (χ2n) is 18.1. The number of hydrogen-bond donors (Lipinski definition) is 2. The van der Waals surface area contributed by atoms with Crippen molar-refractivity contribution in [1.29, 1.82) is 0 Å². The summed E-state index contributed by atoms with van der Waals surface area (Å²) in [5, 5.41) is 21.8. The second kappa shape index (κ2) is 34.0. The van der Waals surface area contributed by atoms with Gasteiger partial charge in [-0.05, 0) is 177 Å². The SMILES string of the molecule is CCCCCCC(=Nc1ccc(CCCC)c(CCCC)c1)C(CC)=Nc1ccc(CCCC)c(CCCC)c1.CCCCCCc1ccc2cc(O)c(O)cc2c1CCCCC.[Ni]. The molecule has 4 aromatic rings. The number of unbranched alkanes of at least 4 members (excludes halogenated alkanes) is 12. The average Bonchev–Trinajstić information content (AvgIpc) is 3.29. The van der Waals surface area contributed by atoms with E-state index < -0.39 is 0 Å². The van der Waals surface area contributed by atoms with Crippen LogP contribution in [0.3, 0.4) is 0 Å². The van der Waals surface area contributed by atoms with Gasteiger partial charge in [0, 0.05) is 16.5 Å². The fraction of sp³-hybridized carbons (Fsp3) is 0.593. The van der Waals surface area contributed by atoms with Gasteiger partial charge in [0.2, 0.25) is 0 Å². The maximum absolute atomic E-state index is 9.90. The van der Waals surface area contributed by atoms with Crippen LogP contribution >= 0.6 is 0 Å². The van der Waals surface area contributed by atoms with Gasteiger partial charge in [-0.2, -0.15) is 0 Å². The van der Waals surface area contributed by atoms with E-state index in [0.29, 0.717) is 0 Å². The zero-order valence-electron chi connectivity index (χ0n) is 42.0. The van der Waals surface area contributed by atoms with E-state index in [2.05, 4.69) is 104 Å². The van der Waals surface area contributed by atoms with Gasteiger partial charge in [0.25, 0.3) is 0 Å². The fourth-order valence-corrected chi connectivity index (χ4v) is 8.71. The van der Waals surface area contributed by atoms with Crippen LogP contribution in [0.15, 0.2) is 70.6 Å². The molecule has 0 aliphatic rings. The number of nitrogens with zero attached hydrogens (tertiary/aromatic N) is 2. The number of aliphatic imine (C=N–C) groups is 2. The van der Waals surface area contributed by atoms with Crippen molar-refractivity contribution in [3.8, 4) is 11.5 Å². The molecule has 0 fully saturated rings. The van der Waals surface area contributed by atoms with E-state index in [1.165, 1.54) is 174 Å². The first-order chi connectivity index (χ1) is 30.8. The molecule has 4 aromatic carbocycles. The molecule has 64 heavy (non-hydrogen) atoms. The zero-order chi connectivity index (χ0) is 45.7. The molecule has 0 unspecified atom stereocenters. The molecule has 358 valence electrons. The van der Waals surface area contributed by atoms with Crippen LogP contribution in [0.4, 0.5) is 11.4 Å². The maximum atomic E-state index is 9.90. The van der Waals surface area contributed by atoms with Crippen molar-refractivity contribution in [2.45, 2.75) is 229 Å². The van der Waals surface area contributed by atoms with E-state index in [1.54, 1.807) is 12.1 Å². The summed E-state index contributed by atoms with van der Waals surface area (Å²) in [4.78, 5) is 10.6. The molecule has 0 radical (unpaired) electrons. The Morgan fingerprint density at radius 2 is 0.812 bits per heavy atom. The third-order valence-electron chi connectivity index (χ3n) is 12.7. The molecule has 2 N–H and O–H groups in total. The van der Waals surface area contributed by atoms with Gasteiger partial charge in [-0.1, -0.05) is 157 Å². The molecule has 0 aromatic heterocycles. The first-order valence-electron chi connectivity index (χ1n) is 26.1. The second-order valence-corrected chi connectivity index (χ2v) is 18.1. The molecule has 0 amide bonds. The van der Waals surface area contributed by atoms with Gasteiger partial charge in [0.15, 0.2) is 11.5 Å². The fourth-order valence-electron chi connectivity index (χ4n) is 8.71. The summed E-state index contributed by atoms with van der Waals surface area (Å²) < 4.78 is 0. The van der Waals surface area contributed by atoms with Crippen molar-refractivity contribution in [2.24, 2.45) is 9.98 Å². The van der Waals surface area contributed by atoms with Crippen LogP contribution in [0, 0.1) is 0 Å². The Morgan fingerprint density at radius 3 is 1.33 bits per heavy atom. The van der Waals surface area contributed by atoms with E-state index >= 15 is 0 Å². The number of rotatable bonds is 30. The van der Waals surface area contributed by atoms with Crippen LogP contribution in [0.5, 0.6) is 11.5 Å². The number of fused-ring (bicyclic) bond motifs is 1. The van der Waals surface area contributed by atoms with Crippen molar-refractivity contribution in [3.05, 3.63) is 94.0 Å². The molecule has 5 heteroatoms. The third kappa shape index (κ3) is 20.0. The minimum atomic E-state index is -0.0345. The van der Waals surface area contributed by atoms with Gasteiger partial charge in [-0.25, -0.2) is 0 Å². The smallest absolute Gasteiger partial charge is 0.158 e. The Bertz CT molecular complexity index is 1950. The van der Waals surface area contributed by atoms with Crippen molar-refractivity contribution >= 4 is 33.6 Å².